The van der Waals surface area contributed by atoms with Crippen LogP contribution in [-0.4, -0.2) is 0 Å². The standard InChI is InChI=1S/C63H51NS/c1-61(2)38-39-62(3,4)57-40-45(32-37-55(57)61)44-28-26-42(27-29-44)43-30-33-48(34-31-43)64(58-24-15-22-53-52-21-12-14-25-59(52)65-60(53)58)49-35-36-51-50-20-11-13-23-54(50)63(56(51)41-49,46-16-7-5-8-17-46)47-18-9-6-10-19-47/h5-37,40-41H,38-39H2,1-4H3. The van der Waals surface area contributed by atoms with E-state index in [1.165, 1.54) is 105 Å². The van der Waals surface area contributed by atoms with E-state index in [-0.39, 0.29) is 10.8 Å². The van der Waals surface area contributed by atoms with Crippen LogP contribution in [-0.2, 0) is 16.2 Å². The first kappa shape index (κ1) is 39.6. The second kappa shape index (κ2) is 15.0. The largest absolute Gasteiger partial charge is 0.309 e. The molecule has 10 aromatic rings. The normalized spacial score (nSPS) is 15.3. The molecule has 2 heteroatoms. The second-order valence-electron chi connectivity index (χ2n) is 19.5. The number of hydrogen-bond acceptors (Lipinski definition) is 2. The van der Waals surface area contributed by atoms with Crippen LogP contribution in [0.4, 0.5) is 17.1 Å². The molecule has 0 unspecified atom stereocenters. The highest BCUT2D eigenvalue weighted by Crippen LogP contribution is 2.58. The summed E-state index contributed by atoms with van der Waals surface area (Å²) in [5, 5.41) is 2.58. The lowest BCUT2D eigenvalue weighted by Crippen LogP contribution is -2.33. The van der Waals surface area contributed by atoms with Gasteiger partial charge in [0.15, 0.2) is 0 Å². The third kappa shape index (κ3) is 6.26. The molecule has 2 aliphatic rings. The van der Waals surface area contributed by atoms with Crippen LogP contribution in [0.3, 0.4) is 0 Å². The molecule has 0 atom stereocenters. The molecule has 0 saturated heterocycles. The van der Waals surface area contributed by atoms with Gasteiger partial charge in [-0.3, -0.25) is 0 Å². The number of rotatable bonds is 7. The van der Waals surface area contributed by atoms with Gasteiger partial charge in [0.05, 0.1) is 15.8 Å². The van der Waals surface area contributed by atoms with Crippen molar-refractivity contribution in [2.75, 3.05) is 4.90 Å². The highest BCUT2D eigenvalue weighted by Gasteiger charge is 2.46. The molecule has 0 aliphatic heterocycles. The Labute approximate surface area is 387 Å². The summed E-state index contributed by atoms with van der Waals surface area (Å²) in [6.07, 6.45) is 2.44. The molecule has 12 rings (SSSR count). The molecule has 0 bridgehead atoms. The molecule has 65 heavy (non-hydrogen) atoms. The summed E-state index contributed by atoms with van der Waals surface area (Å²) in [6.45, 7) is 9.62. The van der Waals surface area contributed by atoms with Crippen molar-refractivity contribution in [3.05, 3.63) is 246 Å². The average molecular weight is 854 g/mol. The summed E-state index contributed by atoms with van der Waals surface area (Å²) in [7, 11) is 0. The van der Waals surface area contributed by atoms with E-state index in [1.807, 2.05) is 11.3 Å². The SMILES string of the molecule is CC1(C)CCC(C)(C)c2cc(-c3ccc(-c4ccc(N(c5ccc6c(c5)C(c5ccccc5)(c5ccccc5)c5ccccc5-6)c5cccc6c5sc5ccccc56)cc4)cc3)ccc21. The van der Waals surface area contributed by atoms with E-state index in [1.54, 1.807) is 0 Å². The van der Waals surface area contributed by atoms with Crippen LogP contribution < -0.4 is 4.90 Å². The highest BCUT2D eigenvalue weighted by molar-refractivity contribution is 7.26. The minimum Gasteiger partial charge on any atom is -0.309 e. The second-order valence-corrected chi connectivity index (χ2v) is 20.5. The summed E-state index contributed by atoms with van der Waals surface area (Å²) in [4.78, 5) is 2.49. The van der Waals surface area contributed by atoms with Crippen LogP contribution in [0.15, 0.2) is 212 Å². The maximum Gasteiger partial charge on any atom is 0.0714 e. The molecule has 0 saturated carbocycles. The van der Waals surface area contributed by atoms with Crippen molar-refractivity contribution in [2.45, 2.75) is 56.8 Å². The monoisotopic (exact) mass is 853 g/mol. The molecule has 0 spiro atoms. The fourth-order valence-corrected chi connectivity index (χ4v) is 12.5. The number of hydrogen-bond donors (Lipinski definition) is 0. The van der Waals surface area contributed by atoms with Crippen LogP contribution in [0, 0.1) is 0 Å². The summed E-state index contributed by atoms with van der Waals surface area (Å²) in [5.41, 5.74) is 19.0. The molecular formula is C63H51NS. The van der Waals surface area contributed by atoms with Gasteiger partial charge in [0.2, 0.25) is 0 Å². The molecule has 0 N–H and O–H groups in total. The number of anilines is 3. The van der Waals surface area contributed by atoms with Crippen LogP contribution in [0.5, 0.6) is 0 Å². The van der Waals surface area contributed by atoms with Gasteiger partial charge in [0.1, 0.15) is 0 Å². The van der Waals surface area contributed by atoms with E-state index < -0.39 is 5.41 Å². The predicted molar refractivity (Wildman–Crippen MR) is 277 cm³/mol. The van der Waals surface area contributed by atoms with Gasteiger partial charge >= 0.3 is 0 Å². The lowest BCUT2D eigenvalue weighted by atomic mass is 9.63. The molecule has 2 aliphatic carbocycles. The Morgan fingerprint density at radius 3 is 1.63 bits per heavy atom. The minimum absolute atomic E-state index is 0.177. The van der Waals surface area contributed by atoms with Crippen LogP contribution in [0.1, 0.15) is 73.9 Å². The Balaban J connectivity index is 0.993. The fraction of sp³-hybridized carbons (Fsp3) is 0.143. The summed E-state index contributed by atoms with van der Waals surface area (Å²) in [5.74, 6) is 0. The number of fused-ring (bicyclic) bond motifs is 7. The van der Waals surface area contributed by atoms with E-state index in [4.69, 9.17) is 0 Å². The molecule has 9 aromatic carbocycles. The van der Waals surface area contributed by atoms with Gasteiger partial charge in [-0.25, -0.2) is 0 Å². The van der Waals surface area contributed by atoms with Gasteiger partial charge in [0, 0.05) is 26.8 Å². The maximum atomic E-state index is 2.49. The Morgan fingerprint density at radius 1 is 0.385 bits per heavy atom. The summed E-state index contributed by atoms with van der Waals surface area (Å²) < 4.78 is 2.58. The van der Waals surface area contributed by atoms with Crippen molar-refractivity contribution in [2.24, 2.45) is 0 Å². The lowest BCUT2D eigenvalue weighted by molar-refractivity contribution is 0.332. The fourth-order valence-electron chi connectivity index (χ4n) is 11.3. The zero-order valence-corrected chi connectivity index (χ0v) is 38.3. The molecule has 314 valence electrons. The third-order valence-electron chi connectivity index (χ3n) is 14.9. The third-order valence-corrected chi connectivity index (χ3v) is 16.1. The molecule has 0 fully saturated rings. The number of nitrogens with zero attached hydrogens (tertiary/aromatic N) is 1. The molecular weight excluding hydrogens is 803 g/mol. The summed E-state index contributed by atoms with van der Waals surface area (Å²) in [6, 6.07) is 79.7. The first-order valence-electron chi connectivity index (χ1n) is 23.1. The van der Waals surface area contributed by atoms with E-state index in [2.05, 4.69) is 245 Å². The van der Waals surface area contributed by atoms with Gasteiger partial charge in [-0.1, -0.05) is 204 Å². The smallest absolute Gasteiger partial charge is 0.0714 e. The molecule has 0 amide bonds. The van der Waals surface area contributed by atoms with E-state index >= 15 is 0 Å². The van der Waals surface area contributed by atoms with Crippen molar-refractivity contribution < 1.29 is 0 Å². The highest BCUT2D eigenvalue weighted by atomic mass is 32.1. The Hall–Kier alpha value is -7.00. The lowest BCUT2D eigenvalue weighted by Gasteiger charge is -2.42. The van der Waals surface area contributed by atoms with Crippen LogP contribution >= 0.6 is 11.3 Å². The van der Waals surface area contributed by atoms with E-state index in [9.17, 15) is 0 Å². The van der Waals surface area contributed by atoms with Crippen LogP contribution in [0.25, 0.3) is 53.6 Å². The zero-order chi connectivity index (χ0) is 43.9. The quantitative estimate of drug-likeness (QED) is 0.154. The van der Waals surface area contributed by atoms with Gasteiger partial charge < -0.3 is 4.90 Å². The first-order valence-corrected chi connectivity index (χ1v) is 23.9. The average Bonchev–Trinajstić information content (AvgIpc) is 3.88. The Morgan fingerprint density at radius 2 is 0.923 bits per heavy atom. The van der Waals surface area contributed by atoms with E-state index in [0.717, 1.165) is 11.4 Å². The van der Waals surface area contributed by atoms with Crippen molar-refractivity contribution in [3.8, 4) is 33.4 Å². The number of benzene rings is 9. The van der Waals surface area contributed by atoms with Gasteiger partial charge in [-0.2, -0.15) is 0 Å². The van der Waals surface area contributed by atoms with Crippen molar-refractivity contribution in [1.82, 2.24) is 0 Å². The van der Waals surface area contributed by atoms with Crippen LogP contribution in [0.2, 0.25) is 0 Å². The maximum absolute atomic E-state index is 2.49. The number of thiophene rings is 1. The molecule has 1 heterocycles. The van der Waals surface area contributed by atoms with Gasteiger partial charge in [-0.05, 0) is 127 Å². The van der Waals surface area contributed by atoms with Gasteiger partial charge in [0.25, 0.3) is 0 Å². The Kier molecular flexibility index (Phi) is 9.16. The summed E-state index contributed by atoms with van der Waals surface area (Å²) >= 11 is 1.88. The van der Waals surface area contributed by atoms with Crippen molar-refractivity contribution >= 4 is 48.6 Å². The molecule has 1 nitrogen and oxygen atoms in total. The molecule has 0 radical (unpaired) electrons. The Bertz CT molecular complexity index is 3370. The predicted octanol–water partition coefficient (Wildman–Crippen LogP) is 17.6. The van der Waals surface area contributed by atoms with Gasteiger partial charge in [-0.15, -0.1) is 11.3 Å². The zero-order valence-electron chi connectivity index (χ0n) is 37.5. The van der Waals surface area contributed by atoms with Crippen molar-refractivity contribution in [3.63, 3.8) is 0 Å². The minimum atomic E-state index is -0.498. The molecule has 1 aromatic heterocycles. The topological polar surface area (TPSA) is 3.24 Å². The van der Waals surface area contributed by atoms with E-state index in [0.29, 0.717) is 0 Å². The first-order chi connectivity index (χ1) is 31.7. The van der Waals surface area contributed by atoms with Crippen molar-refractivity contribution in [1.29, 1.82) is 0 Å².